The van der Waals surface area contributed by atoms with Crippen LogP contribution < -0.4 is 4.72 Å². The van der Waals surface area contributed by atoms with Gasteiger partial charge in [0.25, 0.3) is 0 Å². The molecule has 6 heteroatoms. The highest BCUT2D eigenvalue weighted by Gasteiger charge is 2.20. The van der Waals surface area contributed by atoms with Crippen molar-refractivity contribution < 1.29 is 12.8 Å². The van der Waals surface area contributed by atoms with Crippen LogP contribution in [0.25, 0.3) is 0 Å². The Labute approximate surface area is 124 Å². The Bertz CT molecular complexity index is 801. The van der Waals surface area contributed by atoms with Gasteiger partial charge in [-0.2, -0.15) is 5.26 Å². The first-order valence-electron chi connectivity index (χ1n) is 6.43. The van der Waals surface area contributed by atoms with E-state index in [1.165, 1.54) is 18.2 Å². The van der Waals surface area contributed by atoms with E-state index in [9.17, 15) is 8.42 Å². The van der Waals surface area contributed by atoms with Gasteiger partial charge in [-0.1, -0.05) is 0 Å². The number of aryl methyl sites for hydroxylation is 2. The smallest absolute Gasteiger partial charge is 0.241 e. The van der Waals surface area contributed by atoms with Crippen molar-refractivity contribution in [3.05, 3.63) is 53.0 Å². The number of benzene rings is 1. The molecule has 0 aliphatic carbocycles. The van der Waals surface area contributed by atoms with Crippen molar-refractivity contribution in [2.75, 3.05) is 0 Å². The standard InChI is InChI=1S/C15H16N2O3S/c1-10-8-14(6-5-13(10)9-16)21(18,19)17-12(3)15-7-4-11(2)20-15/h4-8,12,17H,1-3H3. The molecule has 1 aromatic carbocycles. The van der Waals surface area contributed by atoms with Gasteiger partial charge in [-0.05, 0) is 56.7 Å². The lowest BCUT2D eigenvalue weighted by Gasteiger charge is -2.12. The Hall–Kier alpha value is -2.10. The van der Waals surface area contributed by atoms with E-state index in [1.54, 1.807) is 32.9 Å². The molecule has 0 fully saturated rings. The molecule has 1 unspecified atom stereocenters. The lowest BCUT2D eigenvalue weighted by molar-refractivity contribution is 0.441. The Kier molecular flexibility index (Phi) is 4.16. The van der Waals surface area contributed by atoms with Crippen molar-refractivity contribution in [3.8, 4) is 6.07 Å². The fraction of sp³-hybridized carbons (Fsp3) is 0.267. The zero-order chi connectivity index (χ0) is 15.6. The molecule has 5 nitrogen and oxygen atoms in total. The number of rotatable bonds is 4. The minimum atomic E-state index is -3.67. The molecular weight excluding hydrogens is 288 g/mol. The summed E-state index contributed by atoms with van der Waals surface area (Å²) in [4.78, 5) is 0.133. The van der Waals surface area contributed by atoms with Crippen LogP contribution in [0.4, 0.5) is 0 Å². The van der Waals surface area contributed by atoms with Crippen LogP contribution in [0.5, 0.6) is 0 Å². The topological polar surface area (TPSA) is 83.1 Å². The van der Waals surface area contributed by atoms with E-state index in [0.29, 0.717) is 16.9 Å². The van der Waals surface area contributed by atoms with Gasteiger partial charge in [-0.15, -0.1) is 0 Å². The molecule has 1 atom stereocenters. The van der Waals surface area contributed by atoms with E-state index >= 15 is 0 Å². The molecule has 1 aromatic heterocycles. The van der Waals surface area contributed by atoms with Crippen molar-refractivity contribution in [2.45, 2.75) is 31.7 Å². The van der Waals surface area contributed by atoms with Crippen molar-refractivity contribution in [1.29, 1.82) is 5.26 Å². The number of sulfonamides is 1. The van der Waals surface area contributed by atoms with Crippen LogP contribution in [-0.4, -0.2) is 8.42 Å². The molecule has 0 aliphatic rings. The Morgan fingerprint density at radius 3 is 2.48 bits per heavy atom. The van der Waals surface area contributed by atoms with Gasteiger partial charge in [0.1, 0.15) is 11.5 Å². The first kappa shape index (κ1) is 15.3. The fourth-order valence-electron chi connectivity index (χ4n) is 1.97. The molecule has 1 N–H and O–H groups in total. The zero-order valence-corrected chi connectivity index (χ0v) is 12.9. The van der Waals surface area contributed by atoms with Gasteiger partial charge < -0.3 is 4.42 Å². The number of nitrogens with one attached hydrogen (secondary N) is 1. The molecule has 0 saturated heterocycles. The van der Waals surface area contributed by atoms with Gasteiger partial charge in [-0.3, -0.25) is 0 Å². The molecule has 21 heavy (non-hydrogen) atoms. The van der Waals surface area contributed by atoms with E-state index in [0.717, 1.165) is 5.76 Å². The Morgan fingerprint density at radius 1 is 1.24 bits per heavy atom. The second-order valence-electron chi connectivity index (χ2n) is 4.88. The molecule has 110 valence electrons. The monoisotopic (exact) mass is 304 g/mol. The minimum Gasteiger partial charge on any atom is -0.465 e. The largest absolute Gasteiger partial charge is 0.465 e. The van der Waals surface area contributed by atoms with Crippen LogP contribution in [-0.2, 0) is 10.0 Å². The van der Waals surface area contributed by atoms with Crippen molar-refractivity contribution in [3.63, 3.8) is 0 Å². The second kappa shape index (κ2) is 5.72. The van der Waals surface area contributed by atoms with E-state index in [-0.39, 0.29) is 4.90 Å². The van der Waals surface area contributed by atoms with Crippen molar-refractivity contribution in [2.24, 2.45) is 0 Å². The van der Waals surface area contributed by atoms with E-state index in [2.05, 4.69) is 4.72 Å². The van der Waals surface area contributed by atoms with Gasteiger partial charge in [0.15, 0.2) is 0 Å². The quantitative estimate of drug-likeness (QED) is 0.941. The van der Waals surface area contributed by atoms with Crippen LogP contribution in [0.1, 0.15) is 35.6 Å². The van der Waals surface area contributed by atoms with Gasteiger partial charge in [0.05, 0.1) is 22.6 Å². The second-order valence-corrected chi connectivity index (χ2v) is 6.59. The van der Waals surface area contributed by atoms with Gasteiger partial charge in [0.2, 0.25) is 10.0 Å². The molecule has 0 amide bonds. The number of hydrogen-bond acceptors (Lipinski definition) is 4. The normalized spacial score (nSPS) is 12.9. The summed E-state index contributed by atoms with van der Waals surface area (Å²) in [5.74, 6) is 1.28. The fourth-order valence-corrected chi connectivity index (χ4v) is 3.27. The van der Waals surface area contributed by atoms with E-state index < -0.39 is 16.1 Å². The first-order valence-corrected chi connectivity index (χ1v) is 7.91. The summed E-state index contributed by atoms with van der Waals surface area (Å²) < 4.78 is 32.7. The van der Waals surface area contributed by atoms with E-state index in [4.69, 9.17) is 9.68 Å². The molecule has 0 bridgehead atoms. The highest BCUT2D eigenvalue weighted by molar-refractivity contribution is 7.89. The Morgan fingerprint density at radius 2 is 1.95 bits per heavy atom. The van der Waals surface area contributed by atoms with E-state index in [1.807, 2.05) is 6.07 Å². The number of hydrogen-bond donors (Lipinski definition) is 1. The maximum Gasteiger partial charge on any atom is 0.241 e. The Balaban J connectivity index is 2.26. The average molecular weight is 304 g/mol. The van der Waals surface area contributed by atoms with Crippen LogP contribution in [0.3, 0.4) is 0 Å². The molecule has 1 heterocycles. The van der Waals surface area contributed by atoms with Gasteiger partial charge in [-0.25, -0.2) is 13.1 Å². The SMILES string of the molecule is Cc1ccc(C(C)NS(=O)(=O)c2ccc(C#N)c(C)c2)o1. The molecular formula is C15H16N2O3S. The van der Waals surface area contributed by atoms with Crippen LogP contribution in [0.2, 0.25) is 0 Å². The van der Waals surface area contributed by atoms with Crippen LogP contribution in [0.15, 0.2) is 39.6 Å². The van der Waals surface area contributed by atoms with Crippen LogP contribution in [0, 0.1) is 25.2 Å². The van der Waals surface area contributed by atoms with Gasteiger partial charge >= 0.3 is 0 Å². The zero-order valence-electron chi connectivity index (χ0n) is 12.0. The van der Waals surface area contributed by atoms with Crippen molar-refractivity contribution in [1.82, 2.24) is 4.72 Å². The maximum atomic E-state index is 12.3. The molecule has 2 rings (SSSR count). The highest BCUT2D eigenvalue weighted by atomic mass is 32.2. The first-order chi connectivity index (χ1) is 9.83. The lowest BCUT2D eigenvalue weighted by Crippen LogP contribution is -2.26. The predicted octanol–water partition coefficient (Wildman–Crippen LogP) is 2.81. The molecule has 0 radical (unpaired) electrons. The summed E-state index contributed by atoms with van der Waals surface area (Å²) >= 11 is 0. The molecule has 0 saturated carbocycles. The van der Waals surface area contributed by atoms with Crippen molar-refractivity contribution >= 4 is 10.0 Å². The summed E-state index contributed by atoms with van der Waals surface area (Å²) in [7, 11) is -3.67. The third-order valence-corrected chi connectivity index (χ3v) is 4.69. The highest BCUT2D eigenvalue weighted by Crippen LogP contribution is 2.20. The summed E-state index contributed by atoms with van der Waals surface area (Å²) in [6.07, 6.45) is 0. The van der Waals surface area contributed by atoms with Crippen LogP contribution >= 0.6 is 0 Å². The maximum absolute atomic E-state index is 12.3. The summed E-state index contributed by atoms with van der Waals surface area (Å²) in [5, 5.41) is 8.88. The third kappa shape index (κ3) is 3.32. The van der Waals surface area contributed by atoms with Gasteiger partial charge in [0, 0.05) is 0 Å². The summed E-state index contributed by atoms with van der Waals surface area (Å²) in [5.41, 5.74) is 1.09. The number of nitrogens with zero attached hydrogens (tertiary/aromatic N) is 1. The average Bonchev–Trinajstić information content (AvgIpc) is 2.85. The summed E-state index contributed by atoms with van der Waals surface area (Å²) in [6, 6.07) is 9.48. The summed E-state index contributed by atoms with van der Waals surface area (Å²) in [6.45, 7) is 5.22. The number of nitriles is 1. The lowest BCUT2D eigenvalue weighted by atomic mass is 10.1. The molecule has 0 aliphatic heterocycles. The predicted molar refractivity (Wildman–Crippen MR) is 78.1 cm³/mol. The number of furan rings is 1. The molecule has 0 spiro atoms. The molecule has 2 aromatic rings. The minimum absolute atomic E-state index is 0.133. The third-order valence-electron chi connectivity index (χ3n) is 3.15.